The number of esters is 6. The van der Waals surface area contributed by atoms with Gasteiger partial charge in [0.25, 0.3) is 0 Å². The Morgan fingerprint density at radius 2 is 1.20 bits per heavy atom. The molecule has 0 amide bonds. The summed E-state index contributed by atoms with van der Waals surface area (Å²) in [7, 11) is 0. The smallest absolute Gasteiger partial charge is 0.338 e. The molecule has 2 aliphatic carbocycles. The van der Waals surface area contributed by atoms with Gasteiger partial charge in [0, 0.05) is 57.9 Å². The van der Waals surface area contributed by atoms with Gasteiger partial charge in [0.2, 0.25) is 6.10 Å². The molecule has 3 rings (SSSR count). The minimum atomic E-state index is -2.39. The largest absolute Gasteiger partial charge is 0.458 e. The molecule has 2 aliphatic rings. The lowest BCUT2D eigenvalue weighted by atomic mass is 9.72. The molecular formula is C37H44O14. The third-order valence-electron chi connectivity index (χ3n) is 8.77. The quantitative estimate of drug-likeness (QED) is 0.226. The van der Waals surface area contributed by atoms with Crippen LogP contribution in [0.2, 0.25) is 0 Å². The topological polar surface area (TPSA) is 192 Å². The molecule has 0 unspecified atom stereocenters. The van der Waals surface area contributed by atoms with Crippen LogP contribution in [0.5, 0.6) is 0 Å². The van der Waals surface area contributed by atoms with Gasteiger partial charge in [-0.15, -0.1) is 0 Å². The van der Waals surface area contributed by atoms with E-state index in [2.05, 4.69) is 6.58 Å². The number of benzene rings is 1. The summed E-state index contributed by atoms with van der Waals surface area (Å²) in [6, 6.07) is 7.77. The summed E-state index contributed by atoms with van der Waals surface area (Å²) in [6.45, 7) is 14.9. The van der Waals surface area contributed by atoms with Crippen LogP contribution in [-0.4, -0.2) is 83.0 Å². The van der Waals surface area contributed by atoms with Crippen molar-refractivity contribution in [3.63, 3.8) is 0 Å². The van der Waals surface area contributed by atoms with Crippen molar-refractivity contribution in [1.82, 2.24) is 0 Å². The zero-order valence-electron chi connectivity index (χ0n) is 30.1. The molecule has 1 saturated carbocycles. The van der Waals surface area contributed by atoms with Gasteiger partial charge in [-0.05, 0) is 32.9 Å². The molecule has 51 heavy (non-hydrogen) atoms. The van der Waals surface area contributed by atoms with Gasteiger partial charge in [-0.1, -0.05) is 43.9 Å². The van der Waals surface area contributed by atoms with Crippen molar-refractivity contribution in [3.05, 3.63) is 60.2 Å². The molecule has 0 saturated heterocycles. The van der Waals surface area contributed by atoms with Gasteiger partial charge in [-0.3, -0.25) is 33.6 Å². The minimum absolute atomic E-state index is 0.0937. The number of carbonyl (C=O) groups is 8. The van der Waals surface area contributed by atoms with E-state index in [1.807, 2.05) is 0 Å². The van der Waals surface area contributed by atoms with Crippen LogP contribution in [-0.2, 0) is 62.0 Å². The number of carbonyl (C=O) groups excluding carboxylic acids is 8. The van der Waals surface area contributed by atoms with Crippen LogP contribution < -0.4 is 0 Å². The predicted molar refractivity (Wildman–Crippen MR) is 176 cm³/mol. The Morgan fingerprint density at radius 3 is 1.71 bits per heavy atom. The third-order valence-corrected chi connectivity index (χ3v) is 8.77. The summed E-state index contributed by atoms with van der Waals surface area (Å²) in [4.78, 5) is 106. The number of hydrogen-bond acceptors (Lipinski definition) is 14. The van der Waals surface area contributed by atoms with Crippen LogP contribution >= 0.6 is 0 Å². The van der Waals surface area contributed by atoms with Gasteiger partial charge in [0.05, 0.1) is 11.5 Å². The van der Waals surface area contributed by atoms with Gasteiger partial charge < -0.3 is 28.4 Å². The fourth-order valence-electron chi connectivity index (χ4n) is 6.71. The first kappa shape index (κ1) is 40.3. The summed E-state index contributed by atoms with van der Waals surface area (Å²) >= 11 is 0. The van der Waals surface area contributed by atoms with Gasteiger partial charge in [-0.25, -0.2) is 4.79 Å². The van der Waals surface area contributed by atoms with Crippen molar-refractivity contribution >= 4 is 47.4 Å². The summed E-state index contributed by atoms with van der Waals surface area (Å²) in [5.41, 5.74) is -6.16. The van der Waals surface area contributed by atoms with Gasteiger partial charge in [0.1, 0.15) is 6.10 Å². The first-order chi connectivity index (χ1) is 23.6. The fourth-order valence-corrected chi connectivity index (χ4v) is 6.71. The van der Waals surface area contributed by atoms with E-state index in [1.165, 1.54) is 52.0 Å². The molecule has 8 atom stereocenters. The summed E-state index contributed by atoms with van der Waals surface area (Å²) in [5.74, 6) is -10.2. The lowest BCUT2D eigenvalue weighted by molar-refractivity contribution is -0.188. The first-order valence-corrected chi connectivity index (χ1v) is 16.2. The zero-order valence-corrected chi connectivity index (χ0v) is 30.1. The number of rotatable bonds is 7. The van der Waals surface area contributed by atoms with Crippen molar-refractivity contribution in [2.75, 3.05) is 0 Å². The highest BCUT2D eigenvalue weighted by atomic mass is 16.6. The lowest BCUT2D eigenvalue weighted by Crippen LogP contribution is -2.58. The van der Waals surface area contributed by atoms with E-state index in [1.54, 1.807) is 18.2 Å². The number of hydrogen-bond donors (Lipinski definition) is 0. The van der Waals surface area contributed by atoms with Crippen molar-refractivity contribution < 1.29 is 66.8 Å². The number of allylic oxidation sites excluding steroid dienone is 2. The standard InChI is InChI=1S/C37H44O14/c1-19-16-17-35(8,9)32(44)30(48-23(5)40)29(47-22(4)39)20(2)28(46-21(3)38)27-33(49-24(6)41)36(10,18-37(27,31(19)43)50-25(7)42)51-34(45)26-14-12-11-13-15-26/h11-17,19,27-30,33H,2,18H2,1,3-10H3/b17-16+/t19-,27+,28+,29+,30-,33-,36-,37-/m1/s1. The van der Waals surface area contributed by atoms with E-state index in [-0.39, 0.29) is 5.56 Å². The number of ether oxygens (including phenoxy) is 6. The average Bonchev–Trinajstić information content (AvgIpc) is 3.24. The second-order valence-electron chi connectivity index (χ2n) is 13.5. The zero-order chi connectivity index (χ0) is 38.6. The maximum atomic E-state index is 14.9. The predicted octanol–water partition coefficient (Wildman–Crippen LogP) is 3.58. The molecule has 276 valence electrons. The molecule has 0 radical (unpaired) electrons. The molecule has 0 aliphatic heterocycles. The monoisotopic (exact) mass is 712 g/mol. The Balaban J connectivity index is 2.52. The number of ketones is 2. The summed E-state index contributed by atoms with van der Waals surface area (Å²) in [5, 5.41) is 0. The average molecular weight is 713 g/mol. The van der Waals surface area contributed by atoms with E-state index in [4.69, 9.17) is 28.4 Å². The van der Waals surface area contributed by atoms with Crippen LogP contribution in [0.25, 0.3) is 0 Å². The minimum Gasteiger partial charge on any atom is -0.458 e. The maximum absolute atomic E-state index is 14.9. The molecule has 1 aromatic carbocycles. The van der Waals surface area contributed by atoms with Crippen molar-refractivity contribution in [2.45, 2.75) is 104 Å². The van der Waals surface area contributed by atoms with Crippen molar-refractivity contribution in [2.24, 2.45) is 17.3 Å². The first-order valence-electron chi connectivity index (χ1n) is 16.2. The van der Waals surface area contributed by atoms with Crippen molar-refractivity contribution in [3.8, 4) is 0 Å². The van der Waals surface area contributed by atoms with Crippen LogP contribution in [0.15, 0.2) is 54.6 Å². The van der Waals surface area contributed by atoms with E-state index >= 15 is 0 Å². The molecule has 0 bridgehead atoms. The molecule has 0 heterocycles. The normalized spacial score (nSPS) is 31.0. The van der Waals surface area contributed by atoms with Gasteiger partial charge in [-0.2, -0.15) is 0 Å². The van der Waals surface area contributed by atoms with Crippen LogP contribution in [0.1, 0.15) is 79.1 Å². The van der Waals surface area contributed by atoms with Crippen LogP contribution in [0.3, 0.4) is 0 Å². The Morgan fingerprint density at radius 1 is 0.686 bits per heavy atom. The van der Waals surface area contributed by atoms with Gasteiger partial charge >= 0.3 is 35.8 Å². The van der Waals surface area contributed by atoms with E-state index in [9.17, 15) is 38.4 Å². The Hall–Kier alpha value is -5.14. The third kappa shape index (κ3) is 8.78. The fraction of sp³-hybridized carbons (Fsp3) is 0.514. The second-order valence-corrected chi connectivity index (χ2v) is 13.5. The molecule has 1 aromatic rings. The van der Waals surface area contributed by atoms with E-state index in [0.717, 1.165) is 34.6 Å². The number of fused-ring (bicyclic) bond motifs is 1. The van der Waals surface area contributed by atoms with Crippen molar-refractivity contribution in [1.29, 1.82) is 0 Å². The van der Waals surface area contributed by atoms with Crippen LogP contribution in [0, 0.1) is 17.3 Å². The lowest BCUT2D eigenvalue weighted by Gasteiger charge is -2.42. The molecule has 14 nitrogen and oxygen atoms in total. The molecule has 14 heteroatoms. The number of Topliss-reactive ketones (excluding diaryl/α,β-unsaturated/α-hetero) is 2. The molecule has 0 N–H and O–H groups in total. The highest BCUT2D eigenvalue weighted by molar-refractivity contribution is 5.96. The summed E-state index contributed by atoms with van der Waals surface area (Å²) in [6.07, 6.45) is -5.20. The van der Waals surface area contributed by atoms with Crippen LogP contribution in [0.4, 0.5) is 0 Å². The Bertz CT molecular complexity index is 1640. The SMILES string of the molecule is C=C1[C@H](OC(C)=O)[C@H]2[C@@H](OC(C)=O)[C@](C)(OC(=O)c3ccccc3)C[C@]2(OC(C)=O)C(=O)[C@H](C)/C=C/C(C)(C)C(=O)[C@H](OC(C)=O)[C@H]1OC(C)=O. The van der Waals surface area contributed by atoms with E-state index in [0.29, 0.717) is 0 Å². The summed E-state index contributed by atoms with van der Waals surface area (Å²) < 4.78 is 34.5. The molecule has 1 fully saturated rings. The van der Waals surface area contributed by atoms with Gasteiger partial charge in [0.15, 0.2) is 35.0 Å². The van der Waals surface area contributed by atoms with E-state index < -0.39 is 112 Å². The molecule has 0 aromatic heterocycles. The highest BCUT2D eigenvalue weighted by Gasteiger charge is 2.72. The Kier molecular flexibility index (Phi) is 12.2. The maximum Gasteiger partial charge on any atom is 0.338 e. The second kappa shape index (κ2) is 15.4. The Labute approximate surface area is 295 Å². The molecule has 0 spiro atoms. The molecular weight excluding hydrogens is 668 g/mol. The highest BCUT2D eigenvalue weighted by Crippen LogP contribution is 2.54.